The zero-order valence-corrected chi connectivity index (χ0v) is 7.62. The van der Waals surface area contributed by atoms with Crippen LogP contribution in [0.5, 0.6) is 0 Å². The monoisotopic (exact) mass is 199 g/mol. The van der Waals surface area contributed by atoms with Crippen LogP contribution in [0.4, 0.5) is 0 Å². The molecule has 0 unspecified atom stereocenters. The summed E-state index contributed by atoms with van der Waals surface area (Å²) in [6.45, 7) is 0. The van der Waals surface area contributed by atoms with E-state index < -0.39 is 10.0 Å². The van der Waals surface area contributed by atoms with E-state index in [9.17, 15) is 13.2 Å². The van der Waals surface area contributed by atoms with Crippen molar-refractivity contribution in [2.75, 3.05) is 0 Å². The Hall–Kier alpha value is -1.20. The van der Waals surface area contributed by atoms with Gasteiger partial charge in [-0.3, -0.25) is 4.79 Å². The molecule has 0 amide bonds. The first-order valence-corrected chi connectivity index (χ1v) is 5.28. The van der Waals surface area contributed by atoms with Gasteiger partial charge in [0.05, 0.1) is 5.75 Å². The summed E-state index contributed by atoms with van der Waals surface area (Å²) in [4.78, 5) is 10.5. The van der Waals surface area contributed by atoms with Crippen LogP contribution in [0.15, 0.2) is 24.3 Å². The second-order valence-corrected chi connectivity index (χ2v) is 4.24. The van der Waals surface area contributed by atoms with Crippen molar-refractivity contribution in [2.24, 2.45) is 5.14 Å². The van der Waals surface area contributed by atoms with E-state index in [1.54, 1.807) is 24.3 Å². The molecule has 13 heavy (non-hydrogen) atoms. The highest BCUT2D eigenvalue weighted by Gasteiger charge is 2.07. The molecule has 0 aromatic heterocycles. The summed E-state index contributed by atoms with van der Waals surface area (Å²) in [5, 5.41) is 4.85. The Morgan fingerprint density at radius 1 is 1.31 bits per heavy atom. The van der Waals surface area contributed by atoms with Gasteiger partial charge in [-0.2, -0.15) is 0 Å². The van der Waals surface area contributed by atoms with Gasteiger partial charge in [-0.1, -0.05) is 24.3 Å². The Kier molecular flexibility index (Phi) is 2.79. The van der Waals surface area contributed by atoms with Gasteiger partial charge < -0.3 is 0 Å². The van der Waals surface area contributed by atoms with E-state index in [0.29, 0.717) is 17.4 Å². The molecule has 0 aliphatic rings. The zero-order valence-electron chi connectivity index (χ0n) is 6.80. The lowest BCUT2D eigenvalue weighted by molar-refractivity contribution is 0.112. The fourth-order valence-corrected chi connectivity index (χ4v) is 1.69. The second kappa shape index (κ2) is 3.68. The summed E-state index contributed by atoms with van der Waals surface area (Å²) in [5.74, 6) is -0.304. The van der Waals surface area contributed by atoms with E-state index in [0.717, 1.165) is 0 Å². The number of nitrogens with two attached hydrogens (primary N) is 1. The summed E-state index contributed by atoms with van der Waals surface area (Å²) in [6.07, 6.45) is 0.612. The lowest BCUT2D eigenvalue weighted by Gasteiger charge is -2.01. The quantitative estimate of drug-likeness (QED) is 0.710. The fraction of sp³-hybridized carbons (Fsp3) is 0.125. The van der Waals surface area contributed by atoms with Crippen LogP contribution < -0.4 is 5.14 Å². The summed E-state index contributed by atoms with van der Waals surface area (Å²) >= 11 is 0. The van der Waals surface area contributed by atoms with Crippen molar-refractivity contribution in [1.82, 2.24) is 0 Å². The van der Waals surface area contributed by atoms with Crippen molar-refractivity contribution in [3.8, 4) is 0 Å². The Morgan fingerprint density at radius 2 is 1.92 bits per heavy atom. The Balaban J connectivity index is 3.08. The van der Waals surface area contributed by atoms with E-state index in [2.05, 4.69) is 0 Å². The van der Waals surface area contributed by atoms with E-state index in [4.69, 9.17) is 5.14 Å². The number of benzene rings is 1. The van der Waals surface area contributed by atoms with Crippen molar-refractivity contribution in [2.45, 2.75) is 5.75 Å². The predicted molar refractivity (Wildman–Crippen MR) is 48.6 cm³/mol. The topological polar surface area (TPSA) is 77.2 Å². The first kappa shape index (κ1) is 9.88. The van der Waals surface area contributed by atoms with Gasteiger partial charge in [0, 0.05) is 5.56 Å². The molecule has 1 aromatic rings. The number of sulfonamides is 1. The SMILES string of the molecule is NS(=O)(=O)Cc1ccccc1C=O. The van der Waals surface area contributed by atoms with Gasteiger partial charge in [0.15, 0.2) is 0 Å². The molecule has 0 spiro atoms. The highest BCUT2D eigenvalue weighted by atomic mass is 32.2. The molecule has 1 rings (SSSR count). The Labute approximate surface area is 76.4 Å². The first-order chi connectivity index (χ1) is 6.03. The van der Waals surface area contributed by atoms with Crippen LogP contribution in [-0.2, 0) is 15.8 Å². The van der Waals surface area contributed by atoms with Gasteiger partial charge >= 0.3 is 0 Å². The van der Waals surface area contributed by atoms with Crippen molar-refractivity contribution in [1.29, 1.82) is 0 Å². The lowest BCUT2D eigenvalue weighted by Crippen LogP contribution is -2.15. The van der Waals surface area contributed by atoms with Gasteiger partial charge in [-0.15, -0.1) is 0 Å². The molecule has 0 fully saturated rings. The number of carbonyl (C=O) groups is 1. The Bertz CT molecular complexity index is 411. The molecular formula is C8H9NO3S. The maximum Gasteiger partial charge on any atom is 0.213 e. The minimum Gasteiger partial charge on any atom is -0.298 e. The average molecular weight is 199 g/mol. The molecule has 5 heteroatoms. The van der Waals surface area contributed by atoms with Crippen LogP contribution in [0.1, 0.15) is 15.9 Å². The summed E-state index contributed by atoms with van der Waals surface area (Å²) in [7, 11) is -3.57. The molecule has 0 heterocycles. The minimum atomic E-state index is -3.57. The van der Waals surface area contributed by atoms with Crippen LogP contribution in [-0.4, -0.2) is 14.7 Å². The number of hydrogen-bond donors (Lipinski definition) is 1. The smallest absolute Gasteiger partial charge is 0.213 e. The largest absolute Gasteiger partial charge is 0.298 e. The van der Waals surface area contributed by atoms with Crippen LogP contribution in [0.25, 0.3) is 0 Å². The molecule has 0 saturated heterocycles. The van der Waals surface area contributed by atoms with Crippen molar-refractivity contribution >= 4 is 16.3 Å². The molecule has 2 N–H and O–H groups in total. The number of hydrogen-bond acceptors (Lipinski definition) is 3. The molecule has 0 atom stereocenters. The molecule has 0 saturated carbocycles. The van der Waals surface area contributed by atoms with Crippen LogP contribution in [0.3, 0.4) is 0 Å². The maximum absolute atomic E-state index is 10.7. The molecule has 4 nitrogen and oxygen atoms in total. The molecule has 0 aliphatic heterocycles. The van der Waals surface area contributed by atoms with Crippen LogP contribution >= 0.6 is 0 Å². The van der Waals surface area contributed by atoms with Crippen molar-refractivity contribution in [3.05, 3.63) is 35.4 Å². The highest BCUT2D eigenvalue weighted by Crippen LogP contribution is 2.08. The van der Waals surface area contributed by atoms with Gasteiger partial charge in [-0.05, 0) is 5.56 Å². The van der Waals surface area contributed by atoms with Gasteiger partial charge in [0.25, 0.3) is 0 Å². The standard InChI is InChI=1S/C8H9NO3S/c9-13(11,12)6-8-4-2-1-3-7(8)5-10/h1-5H,6H2,(H2,9,11,12). The number of carbonyl (C=O) groups excluding carboxylic acids is 1. The Morgan fingerprint density at radius 3 is 2.46 bits per heavy atom. The molecular weight excluding hydrogens is 190 g/mol. The summed E-state index contributed by atoms with van der Waals surface area (Å²) in [5.41, 5.74) is 0.788. The average Bonchev–Trinajstić information content (AvgIpc) is 2.02. The van der Waals surface area contributed by atoms with E-state index >= 15 is 0 Å². The maximum atomic E-state index is 10.7. The van der Waals surface area contributed by atoms with Gasteiger partial charge in [0.2, 0.25) is 10.0 Å². The second-order valence-electron chi connectivity index (χ2n) is 2.62. The molecule has 0 aliphatic carbocycles. The molecule has 0 bridgehead atoms. The number of aldehydes is 1. The van der Waals surface area contributed by atoms with Crippen LogP contribution in [0.2, 0.25) is 0 Å². The molecule has 1 aromatic carbocycles. The predicted octanol–water partition coefficient (Wildman–Crippen LogP) is 0.288. The molecule has 70 valence electrons. The third kappa shape index (κ3) is 2.96. The van der Waals surface area contributed by atoms with Crippen molar-refractivity contribution in [3.63, 3.8) is 0 Å². The van der Waals surface area contributed by atoms with Crippen molar-refractivity contribution < 1.29 is 13.2 Å². The third-order valence-corrected chi connectivity index (χ3v) is 2.25. The summed E-state index contributed by atoms with van der Waals surface area (Å²) in [6, 6.07) is 6.44. The zero-order chi connectivity index (χ0) is 9.90. The van der Waals surface area contributed by atoms with Crippen LogP contribution in [0, 0.1) is 0 Å². The fourth-order valence-electron chi connectivity index (χ4n) is 0.997. The van der Waals surface area contributed by atoms with E-state index in [-0.39, 0.29) is 5.75 Å². The normalized spacial score (nSPS) is 11.2. The molecule has 0 radical (unpaired) electrons. The third-order valence-electron chi connectivity index (χ3n) is 1.54. The number of rotatable bonds is 3. The first-order valence-electron chi connectivity index (χ1n) is 3.56. The van der Waals surface area contributed by atoms with Gasteiger partial charge in [-0.25, -0.2) is 13.6 Å². The van der Waals surface area contributed by atoms with E-state index in [1.807, 2.05) is 0 Å². The summed E-state index contributed by atoms with van der Waals surface area (Å²) < 4.78 is 21.5. The van der Waals surface area contributed by atoms with Gasteiger partial charge in [0.1, 0.15) is 6.29 Å². The van der Waals surface area contributed by atoms with E-state index in [1.165, 1.54) is 0 Å². The highest BCUT2D eigenvalue weighted by molar-refractivity contribution is 7.88. The minimum absolute atomic E-state index is 0.304. The lowest BCUT2D eigenvalue weighted by atomic mass is 10.1. The number of primary sulfonamides is 1.